The van der Waals surface area contributed by atoms with Gasteiger partial charge < -0.3 is 19.5 Å². The number of nitro groups is 1. The summed E-state index contributed by atoms with van der Waals surface area (Å²) < 4.78 is 15.5. The summed E-state index contributed by atoms with van der Waals surface area (Å²) in [4.78, 5) is 35.5. The van der Waals surface area contributed by atoms with Crippen molar-refractivity contribution < 1.29 is 28.7 Å². The molecule has 0 aliphatic heterocycles. The lowest BCUT2D eigenvalue weighted by Crippen LogP contribution is -2.30. The zero-order valence-electron chi connectivity index (χ0n) is 16.5. The second-order valence-electron chi connectivity index (χ2n) is 5.94. The first-order valence-electron chi connectivity index (χ1n) is 8.81. The molecule has 0 aromatic heterocycles. The highest BCUT2D eigenvalue weighted by atomic mass is 16.6. The van der Waals surface area contributed by atoms with Gasteiger partial charge in [0.1, 0.15) is 5.56 Å². The molecule has 0 unspecified atom stereocenters. The zero-order chi connectivity index (χ0) is 22.3. The zero-order valence-corrected chi connectivity index (χ0v) is 16.5. The van der Waals surface area contributed by atoms with E-state index in [0.29, 0.717) is 11.3 Å². The van der Waals surface area contributed by atoms with Crippen LogP contribution in [0.3, 0.4) is 0 Å². The number of ether oxygens (including phenoxy) is 3. The Morgan fingerprint density at radius 3 is 2.60 bits per heavy atom. The lowest BCUT2D eigenvalue weighted by Gasteiger charge is -2.15. The molecule has 0 spiro atoms. The van der Waals surface area contributed by atoms with Crippen molar-refractivity contribution in [3.05, 3.63) is 57.6 Å². The summed E-state index contributed by atoms with van der Waals surface area (Å²) in [6.07, 6.45) is -1.26. The van der Waals surface area contributed by atoms with Crippen LogP contribution in [-0.2, 0) is 9.53 Å². The van der Waals surface area contributed by atoms with E-state index in [0.717, 1.165) is 12.1 Å². The summed E-state index contributed by atoms with van der Waals surface area (Å²) in [5.41, 5.74) is -0.240. The molecular weight excluding hydrogens is 394 g/mol. The highest BCUT2D eigenvalue weighted by Crippen LogP contribution is 2.35. The van der Waals surface area contributed by atoms with Gasteiger partial charge in [-0.2, -0.15) is 5.26 Å². The van der Waals surface area contributed by atoms with Gasteiger partial charge in [0.05, 0.1) is 36.3 Å². The van der Waals surface area contributed by atoms with E-state index < -0.39 is 28.6 Å². The minimum atomic E-state index is -1.26. The molecule has 1 atom stereocenters. The Morgan fingerprint density at radius 2 is 2.00 bits per heavy atom. The molecule has 0 saturated heterocycles. The molecular formula is C20H19N3O7. The fourth-order valence-corrected chi connectivity index (χ4v) is 2.48. The van der Waals surface area contributed by atoms with Gasteiger partial charge in [0.15, 0.2) is 17.6 Å². The van der Waals surface area contributed by atoms with Gasteiger partial charge in [-0.15, -0.1) is 0 Å². The number of nitrogens with one attached hydrogen (secondary N) is 1. The van der Waals surface area contributed by atoms with Gasteiger partial charge in [-0.05, 0) is 32.0 Å². The van der Waals surface area contributed by atoms with Crippen LogP contribution in [0, 0.1) is 21.4 Å². The number of carbonyl (C=O) groups is 2. The number of anilines is 1. The highest BCUT2D eigenvalue weighted by Gasteiger charge is 2.28. The SMILES string of the molecule is CCOc1cc(C(=O)O[C@H](C)C(=O)Nc2cccc(C#N)c2)c([N+](=O)[O-])cc1OC. The van der Waals surface area contributed by atoms with Crippen molar-refractivity contribution >= 4 is 23.3 Å². The van der Waals surface area contributed by atoms with Crippen LogP contribution >= 0.6 is 0 Å². The van der Waals surface area contributed by atoms with E-state index in [4.69, 9.17) is 19.5 Å². The van der Waals surface area contributed by atoms with Crippen LogP contribution in [0.25, 0.3) is 0 Å². The van der Waals surface area contributed by atoms with Crippen molar-refractivity contribution in [3.63, 3.8) is 0 Å². The summed E-state index contributed by atoms with van der Waals surface area (Å²) in [5, 5.41) is 22.8. The number of esters is 1. The van der Waals surface area contributed by atoms with Gasteiger partial charge in [0.25, 0.3) is 11.6 Å². The molecule has 156 valence electrons. The van der Waals surface area contributed by atoms with Gasteiger partial charge >= 0.3 is 5.97 Å². The second-order valence-corrected chi connectivity index (χ2v) is 5.94. The third-order valence-corrected chi connectivity index (χ3v) is 3.91. The Labute approximate surface area is 172 Å². The van der Waals surface area contributed by atoms with E-state index in [1.807, 2.05) is 6.07 Å². The van der Waals surface area contributed by atoms with E-state index >= 15 is 0 Å². The first kappa shape index (κ1) is 22.2. The summed E-state index contributed by atoms with van der Waals surface area (Å²) in [6.45, 7) is 3.26. The maximum Gasteiger partial charge on any atom is 0.346 e. The van der Waals surface area contributed by atoms with Crippen LogP contribution in [0.1, 0.15) is 29.8 Å². The van der Waals surface area contributed by atoms with Crippen LogP contribution < -0.4 is 14.8 Å². The number of carbonyl (C=O) groups excluding carboxylic acids is 2. The lowest BCUT2D eigenvalue weighted by atomic mass is 10.1. The number of nitriles is 1. The first-order valence-corrected chi connectivity index (χ1v) is 8.81. The number of rotatable bonds is 8. The van der Waals surface area contributed by atoms with Crippen molar-refractivity contribution in [2.45, 2.75) is 20.0 Å². The third-order valence-electron chi connectivity index (χ3n) is 3.91. The Kier molecular flexibility index (Phi) is 7.30. The van der Waals surface area contributed by atoms with Crippen LogP contribution in [0.15, 0.2) is 36.4 Å². The smallest absolute Gasteiger partial charge is 0.346 e. The molecule has 0 radical (unpaired) electrons. The molecule has 0 aliphatic carbocycles. The molecule has 2 rings (SSSR count). The lowest BCUT2D eigenvalue weighted by molar-refractivity contribution is -0.385. The number of amides is 1. The molecule has 2 aromatic rings. The van der Waals surface area contributed by atoms with E-state index in [9.17, 15) is 19.7 Å². The minimum Gasteiger partial charge on any atom is -0.493 e. The number of hydrogen-bond acceptors (Lipinski definition) is 8. The molecule has 1 N–H and O–H groups in total. The van der Waals surface area contributed by atoms with Gasteiger partial charge in [0.2, 0.25) is 0 Å². The quantitative estimate of drug-likeness (QED) is 0.395. The largest absolute Gasteiger partial charge is 0.493 e. The van der Waals surface area contributed by atoms with Gasteiger partial charge in [-0.3, -0.25) is 14.9 Å². The topological polar surface area (TPSA) is 141 Å². The van der Waals surface area contributed by atoms with Crippen LogP contribution in [0.5, 0.6) is 11.5 Å². The van der Waals surface area contributed by atoms with Crippen molar-refractivity contribution in [2.24, 2.45) is 0 Å². The molecule has 2 aromatic carbocycles. The summed E-state index contributed by atoms with van der Waals surface area (Å²) in [5.74, 6) is -1.52. The fourth-order valence-electron chi connectivity index (χ4n) is 2.48. The number of methoxy groups -OCH3 is 1. The number of benzene rings is 2. The summed E-state index contributed by atoms with van der Waals surface area (Å²) >= 11 is 0. The standard InChI is InChI=1S/C20H19N3O7/c1-4-29-18-9-15(16(23(26)27)10-17(18)28-3)20(25)30-12(2)19(24)22-14-7-5-6-13(8-14)11-21/h5-10,12H,4H2,1-3H3,(H,22,24)/t12-/m1/s1. The van der Waals surface area contributed by atoms with E-state index in [1.54, 1.807) is 25.1 Å². The fraction of sp³-hybridized carbons (Fsp3) is 0.250. The monoisotopic (exact) mass is 413 g/mol. The Morgan fingerprint density at radius 1 is 1.27 bits per heavy atom. The molecule has 0 aliphatic rings. The predicted molar refractivity (Wildman–Crippen MR) is 105 cm³/mol. The number of hydrogen-bond donors (Lipinski definition) is 1. The number of nitro benzene ring substituents is 1. The Bertz CT molecular complexity index is 1010. The molecule has 10 heteroatoms. The Hall–Kier alpha value is -4.13. The van der Waals surface area contributed by atoms with Crippen molar-refractivity contribution in [1.82, 2.24) is 0 Å². The van der Waals surface area contributed by atoms with Crippen LogP contribution in [0.4, 0.5) is 11.4 Å². The molecule has 1 amide bonds. The molecule has 0 bridgehead atoms. The molecule has 30 heavy (non-hydrogen) atoms. The normalized spacial score (nSPS) is 11.0. The second kappa shape index (κ2) is 9.88. The van der Waals surface area contributed by atoms with Crippen LogP contribution in [-0.4, -0.2) is 36.6 Å². The van der Waals surface area contributed by atoms with Gasteiger partial charge in [-0.1, -0.05) is 6.07 Å². The van der Waals surface area contributed by atoms with E-state index in [1.165, 1.54) is 20.1 Å². The van der Waals surface area contributed by atoms with Gasteiger partial charge in [-0.25, -0.2) is 4.79 Å². The average molecular weight is 413 g/mol. The van der Waals surface area contributed by atoms with Crippen LogP contribution in [0.2, 0.25) is 0 Å². The number of nitrogens with zero attached hydrogens (tertiary/aromatic N) is 2. The molecule has 10 nitrogen and oxygen atoms in total. The maximum absolute atomic E-state index is 12.5. The van der Waals surface area contributed by atoms with E-state index in [2.05, 4.69) is 5.32 Å². The molecule has 0 heterocycles. The average Bonchev–Trinajstić information content (AvgIpc) is 2.73. The summed E-state index contributed by atoms with van der Waals surface area (Å²) in [6, 6.07) is 10.3. The predicted octanol–water partition coefficient (Wildman–Crippen LogP) is 3.06. The van der Waals surface area contributed by atoms with Crippen molar-refractivity contribution in [3.8, 4) is 17.6 Å². The maximum atomic E-state index is 12.5. The van der Waals surface area contributed by atoms with Crippen molar-refractivity contribution in [2.75, 3.05) is 19.0 Å². The highest BCUT2D eigenvalue weighted by molar-refractivity contribution is 5.99. The van der Waals surface area contributed by atoms with Crippen molar-refractivity contribution in [1.29, 1.82) is 5.26 Å². The molecule has 0 fully saturated rings. The minimum absolute atomic E-state index is 0.0864. The van der Waals surface area contributed by atoms with E-state index in [-0.39, 0.29) is 23.7 Å². The third kappa shape index (κ3) is 5.23. The summed E-state index contributed by atoms with van der Waals surface area (Å²) in [7, 11) is 1.31. The Balaban J connectivity index is 2.22. The first-order chi connectivity index (χ1) is 14.3. The van der Waals surface area contributed by atoms with Gasteiger partial charge in [0, 0.05) is 11.8 Å². The molecule has 0 saturated carbocycles.